The van der Waals surface area contributed by atoms with Crippen molar-refractivity contribution in [3.8, 4) is 23.8 Å². The van der Waals surface area contributed by atoms with Crippen molar-refractivity contribution < 1.29 is 19.0 Å². The molecule has 0 spiro atoms. The van der Waals surface area contributed by atoms with Crippen LogP contribution in [0.25, 0.3) is 0 Å². The zero-order valence-corrected chi connectivity index (χ0v) is 12.6. The fraction of sp³-hybridized carbons (Fsp3) is 0.688. The Balaban J connectivity index is 1.77. The summed E-state index contributed by atoms with van der Waals surface area (Å²) in [6.07, 6.45) is 2.61. The monoisotopic (exact) mass is 291 g/mol. The quantitative estimate of drug-likeness (QED) is 0.746. The third kappa shape index (κ3) is 4.67. The number of carbonyl (C=O) groups excluding carboxylic acids is 1. The predicted molar refractivity (Wildman–Crippen MR) is 76.9 cm³/mol. The molecule has 2 aliphatic heterocycles. The largest absolute Gasteiger partial charge is 0.446 e. The maximum absolute atomic E-state index is 11.5. The minimum absolute atomic E-state index is 0.00121. The van der Waals surface area contributed by atoms with Crippen LogP contribution in [-0.2, 0) is 14.2 Å². The van der Waals surface area contributed by atoms with Gasteiger partial charge in [-0.1, -0.05) is 19.8 Å². The third-order valence-electron chi connectivity index (χ3n) is 3.48. The highest BCUT2D eigenvalue weighted by Crippen LogP contribution is 2.18. The Hall–Kier alpha value is -1.69. The van der Waals surface area contributed by atoms with Crippen LogP contribution in [-0.4, -0.2) is 43.1 Å². The maximum atomic E-state index is 11.5. The molecule has 2 heterocycles. The van der Waals surface area contributed by atoms with E-state index in [0.717, 1.165) is 25.9 Å². The summed E-state index contributed by atoms with van der Waals surface area (Å²) in [7, 11) is 0. The second-order valence-electron chi connectivity index (χ2n) is 5.40. The summed E-state index contributed by atoms with van der Waals surface area (Å²) >= 11 is 0. The first-order valence-electron chi connectivity index (χ1n) is 7.36. The number of rotatable bonds is 3. The van der Waals surface area contributed by atoms with Gasteiger partial charge in [-0.25, -0.2) is 9.69 Å². The van der Waals surface area contributed by atoms with Crippen LogP contribution >= 0.6 is 0 Å². The zero-order chi connectivity index (χ0) is 15.1. The highest BCUT2D eigenvalue weighted by Gasteiger charge is 2.34. The molecule has 114 valence electrons. The van der Waals surface area contributed by atoms with Crippen LogP contribution in [0.2, 0.25) is 0 Å². The van der Waals surface area contributed by atoms with Gasteiger partial charge in [-0.15, -0.1) is 0 Å². The molecule has 0 saturated carbocycles. The van der Waals surface area contributed by atoms with Crippen LogP contribution in [0.3, 0.4) is 0 Å². The summed E-state index contributed by atoms with van der Waals surface area (Å²) in [6.45, 7) is 5.50. The minimum Gasteiger partial charge on any atom is -0.446 e. The molecule has 0 N–H and O–H groups in total. The standard InChI is InChI=1S/C16H21NO4/c1-13(2)14-12-21-16(18)17(14)9-5-3-6-10-19-15-8-4-7-11-20-15/h13-15H,4,7-8,10-12H2,1-2H3. The van der Waals surface area contributed by atoms with Gasteiger partial charge in [0.2, 0.25) is 0 Å². The Morgan fingerprint density at radius 1 is 1.38 bits per heavy atom. The van der Waals surface area contributed by atoms with Gasteiger partial charge in [0.25, 0.3) is 0 Å². The van der Waals surface area contributed by atoms with Crippen LogP contribution in [0, 0.1) is 29.7 Å². The second-order valence-corrected chi connectivity index (χ2v) is 5.40. The van der Waals surface area contributed by atoms with Gasteiger partial charge >= 0.3 is 6.09 Å². The summed E-state index contributed by atoms with van der Waals surface area (Å²) in [4.78, 5) is 12.9. The SMILES string of the molecule is CC(C)C1COC(=O)N1C#CC#CCOC1CCCCO1. The van der Waals surface area contributed by atoms with Crippen LogP contribution < -0.4 is 0 Å². The molecule has 2 rings (SSSR count). The van der Waals surface area contributed by atoms with Crippen molar-refractivity contribution in [2.75, 3.05) is 19.8 Å². The molecular weight excluding hydrogens is 270 g/mol. The van der Waals surface area contributed by atoms with Crippen LogP contribution in [0.15, 0.2) is 0 Å². The highest BCUT2D eigenvalue weighted by atomic mass is 16.7. The number of carbonyl (C=O) groups is 1. The van der Waals surface area contributed by atoms with Crippen molar-refractivity contribution in [2.45, 2.75) is 45.4 Å². The zero-order valence-electron chi connectivity index (χ0n) is 12.6. The molecule has 0 aromatic carbocycles. The molecule has 2 aliphatic rings. The van der Waals surface area contributed by atoms with E-state index in [4.69, 9.17) is 14.2 Å². The number of nitrogens with zero attached hydrogens (tertiary/aromatic N) is 1. The Morgan fingerprint density at radius 3 is 2.95 bits per heavy atom. The van der Waals surface area contributed by atoms with Gasteiger partial charge in [-0.05, 0) is 31.1 Å². The molecule has 0 aliphatic carbocycles. The number of amides is 1. The van der Waals surface area contributed by atoms with Crippen LogP contribution in [0.1, 0.15) is 33.1 Å². The topological polar surface area (TPSA) is 48.0 Å². The van der Waals surface area contributed by atoms with E-state index in [1.54, 1.807) is 0 Å². The van der Waals surface area contributed by atoms with E-state index in [1.807, 2.05) is 13.8 Å². The fourth-order valence-electron chi connectivity index (χ4n) is 2.20. The van der Waals surface area contributed by atoms with Crippen molar-refractivity contribution >= 4 is 6.09 Å². The van der Waals surface area contributed by atoms with E-state index < -0.39 is 6.09 Å². The first kappa shape index (κ1) is 15.7. The number of hydrogen-bond donors (Lipinski definition) is 0. The van der Waals surface area contributed by atoms with Gasteiger partial charge in [0.15, 0.2) is 6.29 Å². The smallest absolute Gasteiger partial charge is 0.422 e. The van der Waals surface area contributed by atoms with Crippen molar-refractivity contribution in [1.29, 1.82) is 0 Å². The highest BCUT2D eigenvalue weighted by molar-refractivity contribution is 5.72. The van der Waals surface area contributed by atoms with E-state index in [2.05, 4.69) is 23.8 Å². The number of cyclic esters (lactones) is 1. The Bertz CT molecular complexity index is 474. The summed E-state index contributed by atoms with van der Waals surface area (Å²) in [5.74, 6) is 8.47. The van der Waals surface area contributed by atoms with Gasteiger partial charge in [0, 0.05) is 18.6 Å². The maximum Gasteiger partial charge on any atom is 0.422 e. The molecule has 0 aromatic rings. The summed E-state index contributed by atoms with van der Waals surface area (Å²) in [6, 6.07) is 2.75. The molecule has 0 bridgehead atoms. The lowest BCUT2D eigenvalue weighted by atomic mass is 10.1. The Kier molecular flexibility index (Phi) is 5.92. The lowest BCUT2D eigenvalue weighted by molar-refractivity contribution is -0.154. The first-order valence-corrected chi connectivity index (χ1v) is 7.36. The van der Waals surface area contributed by atoms with Gasteiger partial charge in [0.1, 0.15) is 13.2 Å². The van der Waals surface area contributed by atoms with E-state index in [1.165, 1.54) is 4.90 Å². The molecule has 0 aromatic heterocycles. The average Bonchev–Trinajstić information content (AvgIpc) is 2.85. The predicted octanol–water partition coefficient (Wildman–Crippen LogP) is 1.97. The van der Waals surface area contributed by atoms with E-state index >= 15 is 0 Å². The molecule has 1 amide bonds. The molecule has 0 radical (unpaired) electrons. The van der Waals surface area contributed by atoms with Gasteiger partial charge in [0.05, 0.1) is 6.04 Å². The molecular formula is C16H21NO4. The number of hydrogen-bond acceptors (Lipinski definition) is 4. The van der Waals surface area contributed by atoms with E-state index in [-0.39, 0.29) is 18.9 Å². The average molecular weight is 291 g/mol. The molecule has 5 nitrogen and oxygen atoms in total. The van der Waals surface area contributed by atoms with Crippen molar-refractivity contribution in [2.24, 2.45) is 5.92 Å². The normalized spacial score (nSPS) is 24.9. The minimum atomic E-state index is -0.394. The van der Waals surface area contributed by atoms with Crippen LogP contribution in [0.5, 0.6) is 0 Å². The Labute approximate surface area is 125 Å². The molecule has 2 unspecified atom stereocenters. The summed E-state index contributed by atoms with van der Waals surface area (Å²) in [5, 5.41) is 0. The van der Waals surface area contributed by atoms with E-state index in [0.29, 0.717) is 12.5 Å². The Morgan fingerprint density at radius 2 is 2.24 bits per heavy atom. The summed E-state index contributed by atoms with van der Waals surface area (Å²) < 4.78 is 15.9. The second kappa shape index (κ2) is 7.93. The van der Waals surface area contributed by atoms with Crippen molar-refractivity contribution in [3.63, 3.8) is 0 Å². The number of ether oxygens (including phenoxy) is 3. The van der Waals surface area contributed by atoms with Gasteiger partial charge < -0.3 is 14.2 Å². The third-order valence-corrected chi connectivity index (χ3v) is 3.48. The van der Waals surface area contributed by atoms with Crippen molar-refractivity contribution in [1.82, 2.24) is 4.90 Å². The molecule has 2 atom stereocenters. The van der Waals surface area contributed by atoms with Gasteiger partial charge in [-0.3, -0.25) is 0 Å². The molecule has 2 saturated heterocycles. The van der Waals surface area contributed by atoms with Crippen LogP contribution in [0.4, 0.5) is 4.79 Å². The summed E-state index contributed by atoms with van der Waals surface area (Å²) in [5.41, 5.74) is 0. The molecule has 5 heteroatoms. The van der Waals surface area contributed by atoms with Crippen molar-refractivity contribution in [3.05, 3.63) is 0 Å². The fourth-order valence-corrected chi connectivity index (χ4v) is 2.20. The van der Waals surface area contributed by atoms with Gasteiger partial charge in [-0.2, -0.15) is 0 Å². The molecule has 2 fully saturated rings. The first-order chi connectivity index (χ1) is 10.2. The lowest BCUT2D eigenvalue weighted by Crippen LogP contribution is -2.33. The lowest BCUT2D eigenvalue weighted by Gasteiger charge is -2.21. The van der Waals surface area contributed by atoms with E-state index in [9.17, 15) is 4.79 Å². The molecule has 21 heavy (non-hydrogen) atoms.